The maximum absolute atomic E-state index is 12.1. The minimum absolute atomic E-state index is 0.0665. The lowest BCUT2D eigenvalue weighted by Crippen LogP contribution is -2.45. The van der Waals surface area contributed by atoms with E-state index >= 15 is 0 Å². The second-order valence-electron chi connectivity index (χ2n) is 13.0. The van der Waals surface area contributed by atoms with Gasteiger partial charge < -0.3 is 33.9 Å². The Hall–Kier alpha value is -3.03. The van der Waals surface area contributed by atoms with Crippen molar-refractivity contribution in [3.63, 3.8) is 0 Å². The van der Waals surface area contributed by atoms with Gasteiger partial charge in [0.25, 0.3) is 0 Å². The fourth-order valence-corrected chi connectivity index (χ4v) is 6.46. The van der Waals surface area contributed by atoms with E-state index in [1.165, 1.54) is 64.4 Å². The number of nitrogens with zero attached hydrogens (tertiary/aromatic N) is 1. The molecule has 0 amide bonds. The number of rotatable bonds is 12. The number of aliphatic hydroxyl groups is 2. The monoisotopic (exact) mass is 659 g/mol. The zero-order valence-corrected chi connectivity index (χ0v) is 27.5. The van der Waals surface area contributed by atoms with Gasteiger partial charge in [-0.1, -0.05) is 13.5 Å². The molecule has 0 saturated carbocycles. The maximum atomic E-state index is 12.1. The van der Waals surface area contributed by atoms with E-state index in [2.05, 4.69) is 42.2 Å². The van der Waals surface area contributed by atoms with Crippen molar-refractivity contribution in [1.29, 1.82) is 0 Å². The van der Waals surface area contributed by atoms with Crippen LogP contribution in [0.25, 0.3) is 0 Å². The highest BCUT2D eigenvalue weighted by Crippen LogP contribution is 2.48. The quantitative estimate of drug-likeness (QED) is 0.229. The van der Waals surface area contributed by atoms with Crippen molar-refractivity contribution in [2.45, 2.75) is 108 Å². The van der Waals surface area contributed by atoms with Crippen LogP contribution in [0.3, 0.4) is 0 Å². The van der Waals surface area contributed by atoms with Crippen molar-refractivity contribution in [1.82, 2.24) is 4.90 Å². The normalized spacial score (nSPS) is 21.9. The largest absolute Gasteiger partial charge is 0.498 e. The van der Waals surface area contributed by atoms with Gasteiger partial charge in [-0.3, -0.25) is 9.69 Å². The third kappa shape index (κ3) is 9.98. The molecule has 1 aromatic rings. The number of benzene rings is 1. The van der Waals surface area contributed by atoms with Gasteiger partial charge in [-0.15, -0.1) is 0 Å². The first-order valence-electron chi connectivity index (χ1n) is 15.6. The lowest BCUT2D eigenvalue weighted by molar-refractivity contribution is -0.192. The van der Waals surface area contributed by atoms with Gasteiger partial charge in [0.1, 0.15) is 12.4 Å². The summed E-state index contributed by atoms with van der Waals surface area (Å²) < 4.78 is 61.0. The summed E-state index contributed by atoms with van der Waals surface area (Å²) in [4.78, 5) is 26.4. The first-order chi connectivity index (χ1) is 21.4. The molecule has 1 fully saturated rings. The highest BCUT2D eigenvalue weighted by atomic mass is 19.4. The van der Waals surface area contributed by atoms with E-state index in [0.717, 1.165) is 17.9 Å². The van der Waals surface area contributed by atoms with Crippen LogP contribution in [-0.2, 0) is 30.2 Å². The molecule has 13 heteroatoms. The Labute approximate surface area is 268 Å². The van der Waals surface area contributed by atoms with Gasteiger partial charge in [0.2, 0.25) is 6.79 Å². The zero-order chi connectivity index (χ0) is 34.3. The number of hydrogen-bond donors (Lipinski definition) is 2. The molecule has 1 saturated heterocycles. The third-order valence-electron chi connectivity index (χ3n) is 8.90. The number of carbonyl (C=O) groups excluding carboxylic acids is 2. The summed E-state index contributed by atoms with van der Waals surface area (Å²) in [5.41, 5.74) is -0.193. The molecule has 260 valence electrons. The molecule has 46 heavy (non-hydrogen) atoms. The summed E-state index contributed by atoms with van der Waals surface area (Å²) in [6, 6.07) is 4.49. The second kappa shape index (κ2) is 15.2. The van der Waals surface area contributed by atoms with Gasteiger partial charge >= 0.3 is 18.1 Å². The van der Waals surface area contributed by atoms with E-state index in [0.29, 0.717) is 18.2 Å². The Morgan fingerprint density at radius 1 is 1.11 bits per heavy atom. The minimum Gasteiger partial charge on any atom is -0.498 e. The van der Waals surface area contributed by atoms with Crippen molar-refractivity contribution >= 4 is 11.9 Å². The van der Waals surface area contributed by atoms with Crippen LogP contribution in [-0.4, -0.2) is 90.2 Å². The van der Waals surface area contributed by atoms with E-state index < -0.39 is 49.0 Å². The first-order valence-corrected chi connectivity index (χ1v) is 15.6. The van der Waals surface area contributed by atoms with E-state index in [1.54, 1.807) is 0 Å². The molecule has 3 atom stereocenters. The van der Waals surface area contributed by atoms with Crippen molar-refractivity contribution in [2.75, 3.05) is 40.2 Å². The van der Waals surface area contributed by atoms with Crippen LogP contribution in [0.5, 0.6) is 11.5 Å². The summed E-state index contributed by atoms with van der Waals surface area (Å²) in [6.07, 6.45) is -0.809. The molecule has 4 rings (SSSR count). The number of methoxy groups -OCH3 is 1. The van der Waals surface area contributed by atoms with Crippen LogP contribution < -0.4 is 9.47 Å². The molecule has 1 aromatic carbocycles. The van der Waals surface area contributed by atoms with Gasteiger partial charge in [0, 0.05) is 18.0 Å². The van der Waals surface area contributed by atoms with Crippen LogP contribution in [0.15, 0.2) is 24.5 Å². The smallest absolute Gasteiger partial charge is 0.422 e. The van der Waals surface area contributed by atoms with Crippen LogP contribution in [0.2, 0.25) is 0 Å². The van der Waals surface area contributed by atoms with Crippen molar-refractivity contribution in [3.8, 4) is 11.5 Å². The molecule has 3 aliphatic rings. The second-order valence-corrected chi connectivity index (χ2v) is 13.0. The Morgan fingerprint density at radius 2 is 1.78 bits per heavy atom. The fraction of sp³-hybridized carbons (Fsp3) is 0.697. The van der Waals surface area contributed by atoms with Gasteiger partial charge in [-0.25, -0.2) is 4.79 Å². The number of hydrogen-bond acceptors (Lipinski definition) is 10. The van der Waals surface area contributed by atoms with E-state index in [4.69, 9.17) is 18.9 Å². The van der Waals surface area contributed by atoms with Crippen LogP contribution in [0, 0.1) is 0 Å². The number of carbonyl (C=O) groups is 2. The molecular weight excluding hydrogens is 611 g/mol. The van der Waals surface area contributed by atoms with Crippen LogP contribution in [0.4, 0.5) is 13.2 Å². The highest BCUT2D eigenvalue weighted by molar-refractivity contribution is 5.85. The summed E-state index contributed by atoms with van der Waals surface area (Å²) in [5.74, 6) is -0.0806. The lowest BCUT2D eigenvalue weighted by atomic mass is 9.76. The van der Waals surface area contributed by atoms with E-state index in [9.17, 15) is 33.0 Å². The molecular formula is C33H48F3NO9. The molecule has 0 aliphatic carbocycles. The number of fused-ring (bicyclic) bond motifs is 3. The molecule has 2 unspecified atom stereocenters. The van der Waals surface area contributed by atoms with Crippen molar-refractivity contribution < 1.29 is 56.7 Å². The van der Waals surface area contributed by atoms with E-state index in [1.807, 2.05) is 0 Å². The van der Waals surface area contributed by atoms with Gasteiger partial charge in [0.15, 0.2) is 23.7 Å². The maximum Gasteiger partial charge on any atom is 0.422 e. The number of halogens is 3. The molecule has 10 nitrogen and oxygen atoms in total. The molecule has 0 bridgehead atoms. The standard InChI is InChI=1S/C17H23NO2.C16H25F3O7/c1-3-14-13-10-16-15(19-11-20-16)9-12(13)5-8-18-7-4-6-17(14,18)2;1-11(24-4)9-25-13(21)15(23,7-5-6-14(2,3)22)8-12(20)26-10-16(17,18)19/h9-10,14H,3-8,11H2,1-2H3;22-23H,1,5-10H2,2-4H3/t;15-/m.0/s1. The molecule has 3 heterocycles. The predicted molar refractivity (Wildman–Crippen MR) is 162 cm³/mol. The number of ether oxygens (including phenoxy) is 5. The average Bonchev–Trinajstić information content (AvgIpc) is 3.56. The highest BCUT2D eigenvalue weighted by Gasteiger charge is 2.45. The average molecular weight is 660 g/mol. The number of esters is 2. The number of alkyl halides is 3. The van der Waals surface area contributed by atoms with Crippen molar-refractivity contribution in [3.05, 3.63) is 35.6 Å². The zero-order valence-electron chi connectivity index (χ0n) is 27.5. The molecule has 2 N–H and O–H groups in total. The van der Waals surface area contributed by atoms with Gasteiger partial charge in [0.05, 0.1) is 19.1 Å². The SMILES string of the molecule is C=C(COC(=O)[C@](O)(CCCC(C)(C)O)CC(=O)OCC(F)(F)F)OC.CCC1c2cc3c(cc2CCN2CCCC12C)OCO3. The topological polar surface area (TPSA) is 124 Å². The van der Waals surface area contributed by atoms with Crippen LogP contribution in [0.1, 0.15) is 89.7 Å². The summed E-state index contributed by atoms with van der Waals surface area (Å²) >= 11 is 0. The first kappa shape index (κ1) is 37.4. The molecule has 0 aromatic heterocycles. The Kier molecular flexibility index (Phi) is 12.4. The third-order valence-corrected chi connectivity index (χ3v) is 8.90. The lowest BCUT2D eigenvalue weighted by Gasteiger charge is -2.40. The fourth-order valence-electron chi connectivity index (χ4n) is 6.46. The van der Waals surface area contributed by atoms with Crippen LogP contribution >= 0.6 is 0 Å². The Balaban J connectivity index is 0.000000256. The molecule has 0 spiro atoms. The molecule has 3 aliphatic heterocycles. The van der Waals surface area contributed by atoms with Gasteiger partial charge in [-0.2, -0.15) is 13.2 Å². The Bertz CT molecular complexity index is 1230. The minimum atomic E-state index is -4.73. The van der Waals surface area contributed by atoms with Crippen molar-refractivity contribution in [2.24, 2.45) is 0 Å². The Morgan fingerprint density at radius 3 is 2.39 bits per heavy atom. The summed E-state index contributed by atoms with van der Waals surface area (Å²) in [7, 11) is 1.28. The van der Waals surface area contributed by atoms with E-state index in [-0.39, 0.29) is 25.0 Å². The summed E-state index contributed by atoms with van der Waals surface area (Å²) in [5, 5.41) is 20.1. The summed E-state index contributed by atoms with van der Waals surface area (Å²) in [6.45, 7) is 11.8. The molecule has 0 radical (unpaired) electrons. The van der Waals surface area contributed by atoms with Gasteiger partial charge in [-0.05, 0) is 95.5 Å². The predicted octanol–water partition coefficient (Wildman–Crippen LogP) is 5.18.